The summed E-state index contributed by atoms with van der Waals surface area (Å²) in [4.78, 5) is 16.0. The van der Waals surface area contributed by atoms with E-state index >= 15 is 0 Å². The monoisotopic (exact) mass is 407 g/mol. The average molecular weight is 407 g/mol. The first-order valence-electron chi connectivity index (χ1n) is 5.16. The molecule has 0 aromatic carbocycles. The van der Waals surface area contributed by atoms with Gasteiger partial charge in [0.25, 0.3) is 0 Å². The first-order valence-corrected chi connectivity index (χ1v) is 5.16. The molecule has 0 bridgehead atoms. The van der Waals surface area contributed by atoms with Crippen LogP contribution in [0.1, 0.15) is 33.6 Å². The summed E-state index contributed by atoms with van der Waals surface area (Å²) < 4.78 is 0. The number of aliphatic hydroxyl groups excluding tert-OH is 1. The third kappa shape index (κ3) is 3.81. The Balaban J connectivity index is 0.00000256. The zero-order valence-corrected chi connectivity index (χ0v) is 13.5. The van der Waals surface area contributed by atoms with Crippen molar-refractivity contribution in [2.75, 3.05) is 7.11 Å². The number of hydrogen-bond donors (Lipinski definition) is 1. The van der Waals surface area contributed by atoms with Crippen molar-refractivity contribution in [2.24, 2.45) is 5.16 Å². The number of carbonyl (C=O) groups excluding carboxylic acids is 1. The van der Waals surface area contributed by atoms with Gasteiger partial charge in [-0.15, -0.1) is 0 Å². The second-order valence-electron chi connectivity index (χ2n) is 4.02. The number of oxime groups is 1. The minimum atomic E-state index is -0.198. The average Bonchev–Trinajstić information content (AvgIpc) is 2.20. The minimum Gasteiger partial charge on any atom is -0.512 e. The van der Waals surface area contributed by atoms with E-state index in [1.165, 1.54) is 14.0 Å². The number of rotatable bonds is 3. The molecular formula is C12H17NO3W. The van der Waals surface area contributed by atoms with Crippen LogP contribution in [-0.2, 0) is 30.7 Å². The summed E-state index contributed by atoms with van der Waals surface area (Å²) in [5, 5.41) is 13.5. The van der Waals surface area contributed by atoms with Crippen LogP contribution in [0.5, 0.6) is 0 Å². The zero-order valence-electron chi connectivity index (χ0n) is 10.5. The zero-order chi connectivity index (χ0) is 12.3. The fraction of sp³-hybridized carbons (Fsp3) is 0.500. The number of nitrogens with zero attached hydrogens (tertiary/aromatic N) is 1. The molecule has 0 aromatic heterocycles. The molecule has 0 saturated carbocycles. The van der Waals surface area contributed by atoms with E-state index in [1.807, 2.05) is 13.8 Å². The molecule has 0 heterocycles. The molecule has 0 atom stereocenters. The number of ketones is 1. The maximum Gasteiger partial charge on any atom is 0.181 e. The second kappa shape index (κ2) is 6.75. The molecule has 1 N–H and O–H groups in total. The third-order valence-electron chi connectivity index (χ3n) is 2.75. The summed E-state index contributed by atoms with van der Waals surface area (Å²) >= 11 is 0. The van der Waals surface area contributed by atoms with Crippen LogP contribution >= 0.6 is 0 Å². The predicted molar refractivity (Wildman–Crippen MR) is 62.4 cm³/mol. The van der Waals surface area contributed by atoms with E-state index in [2.05, 4.69) is 9.99 Å². The molecule has 0 radical (unpaired) electrons. The fourth-order valence-corrected chi connectivity index (χ4v) is 1.67. The summed E-state index contributed by atoms with van der Waals surface area (Å²) in [6.45, 7) is 5.38. The van der Waals surface area contributed by atoms with Gasteiger partial charge in [0.2, 0.25) is 0 Å². The van der Waals surface area contributed by atoms with E-state index in [-0.39, 0.29) is 38.3 Å². The maximum absolute atomic E-state index is 11.4. The Bertz CT molecular complexity index is 408. The first kappa shape index (κ1) is 16.1. The summed E-state index contributed by atoms with van der Waals surface area (Å²) in [6.07, 6.45) is 1.04. The number of hydrogen-bond acceptors (Lipinski definition) is 4. The molecule has 1 rings (SSSR count). The van der Waals surface area contributed by atoms with Crippen LogP contribution in [-0.4, -0.2) is 23.7 Å². The molecule has 4 nitrogen and oxygen atoms in total. The molecule has 0 unspecified atom stereocenters. The Hall–Kier alpha value is -0.892. The summed E-state index contributed by atoms with van der Waals surface area (Å²) in [5.74, 6) is 0.0184. The summed E-state index contributed by atoms with van der Waals surface area (Å²) in [6, 6.07) is 0. The van der Waals surface area contributed by atoms with Crippen LogP contribution in [0, 0.1) is 0 Å². The van der Waals surface area contributed by atoms with Gasteiger partial charge in [-0.2, -0.15) is 0 Å². The molecule has 17 heavy (non-hydrogen) atoms. The number of Topliss-reactive ketones (excluding diaryl/α,β-unsaturated/α-hetero) is 1. The van der Waals surface area contributed by atoms with E-state index in [1.54, 1.807) is 0 Å². The van der Waals surface area contributed by atoms with Crippen molar-refractivity contribution in [1.82, 2.24) is 0 Å². The van der Waals surface area contributed by atoms with Crippen molar-refractivity contribution in [3.63, 3.8) is 0 Å². The molecule has 5 heteroatoms. The standard InChI is InChI=1S/C12H17NO3.W/c1-7-5-10(11(15)6-8(7)2)12(9(3)14)13-16-4;/h15H,5-6H2,1-4H3;. The van der Waals surface area contributed by atoms with E-state index < -0.39 is 0 Å². The van der Waals surface area contributed by atoms with E-state index in [9.17, 15) is 9.90 Å². The Morgan fingerprint density at radius 3 is 2.29 bits per heavy atom. The molecule has 0 aromatic rings. The summed E-state index contributed by atoms with van der Waals surface area (Å²) in [7, 11) is 1.39. The molecule has 0 saturated heterocycles. The molecule has 0 fully saturated rings. The van der Waals surface area contributed by atoms with Gasteiger partial charge < -0.3 is 9.94 Å². The van der Waals surface area contributed by atoms with Crippen LogP contribution in [0.15, 0.2) is 27.6 Å². The maximum atomic E-state index is 11.4. The largest absolute Gasteiger partial charge is 0.512 e. The molecule has 1 aliphatic rings. The van der Waals surface area contributed by atoms with Gasteiger partial charge in [-0.25, -0.2) is 0 Å². The van der Waals surface area contributed by atoms with Gasteiger partial charge in [0.05, 0.1) is 0 Å². The molecule has 94 valence electrons. The normalized spacial score (nSPS) is 16.8. The second-order valence-corrected chi connectivity index (χ2v) is 4.02. The Labute approximate surface area is 116 Å². The van der Waals surface area contributed by atoms with Gasteiger partial charge >= 0.3 is 0 Å². The number of carbonyl (C=O) groups is 1. The van der Waals surface area contributed by atoms with Gasteiger partial charge in [-0.3, -0.25) is 4.79 Å². The van der Waals surface area contributed by atoms with Crippen LogP contribution in [0.25, 0.3) is 0 Å². The number of allylic oxidation sites excluding steroid dienone is 3. The molecule has 0 amide bonds. The summed E-state index contributed by atoms with van der Waals surface area (Å²) in [5.41, 5.74) is 3.10. The van der Waals surface area contributed by atoms with Crippen molar-refractivity contribution < 1.29 is 35.8 Å². The van der Waals surface area contributed by atoms with Crippen LogP contribution in [0.4, 0.5) is 0 Å². The smallest absolute Gasteiger partial charge is 0.181 e. The van der Waals surface area contributed by atoms with Crippen molar-refractivity contribution >= 4 is 11.5 Å². The minimum absolute atomic E-state index is 0. The first-order chi connectivity index (χ1) is 7.47. The number of aliphatic hydroxyl groups is 1. The predicted octanol–water partition coefficient (Wildman–Crippen LogP) is 2.52. The van der Waals surface area contributed by atoms with Crippen LogP contribution < -0.4 is 0 Å². The topological polar surface area (TPSA) is 58.9 Å². The van der Waals surface area contributed by atoms with Crippen LogP contribution in [0.2, 0.25) is 0 Å². The fourth-order valence-electron chi connectivity index (χ4n) is 1.67. The molecular weight excluding hydrogens is 390 g/mol. The van der Waals surface area contributed by atoms with Crippen molar-refractivity contribution in [3.05, 3.63) is 22.5 Å². The molecule has 0 spiro atoms. The quantitative estimate of drug-likeness (QED) is 0.445. The molecule has 1 aliphatic carbocycles. The van der Waals surface area contributed by atoms with Crippen LogP contribution in [0.3, 0.4) is 0 Å². The van der Waals surface area contributed by atoms with Crippen molar-refractivity contribution in [2.45, 2.75) is 33.6 Å². The van der Waals surface area contributed by atoms with Gasteiger partial charge in [-0.1, -0.05) is 16.3 Å². The van der Waals surface area contributed by atoms with E-state index in [0.717, 1.165) is 11.1 Å². The Morgan fingerprint density at radius 1 is 1.29 bits per heavy atom. The van der Waals surface area contributed by atoms with Gasteiger partial charge in [0.15, 0.2) is 11.5 Å². The van der Waals surface area contributed by atoms with Crippen molar-refractivity contribution in [1.29, 1.82) is 0 Å². The van der Waals surface area contributed by atoms with E-state index in [0.29, 0.717) is 18.4 Å². The SMILES string of the molecule is CON=C(C(C)=O)C1=C(O)CC(C)=C(C)C1.[W]. The van der Waals surface area contributed by atoms with Crippen molar-refractivity contribution in [3.8, 4) is 0 Å². The third-order valence-corrected chi connectivity index (χ3v) is 2.75. The van der Waals surface area contributed by atoms with Gasteiger partial charge in [-0.05, 0) is 20.3 Å². The van der Waals surface area contributed by atoms with Gasteiger partial charge in [0, 0.05) is 40.0 Å². The molecule has 0 aliphatic heterocycles. The van der Waals surface area contributed by atoms with Gasteiger partial charge in [0.1, 0.15) is 12.9 Å². The van der Waals surface area contributed by atoms with E-state index in [4.69, 9.17) is 0 Å². The Kier molecular flexibility index (Phi) is 6.40. The Morgan fingerprint density at radius 2 is 1.82 bits per heavy atom.